The number of aromatic nitrogens is 2. The first-order valence-electron chi connectivity index (χ1n) is 6.23. The van der Waals surface area contributed by atoms with Crippen molar-refractivity contribution in [1.29, 1.82) is 0 Å². The Labute approximate surface area is 120 Å². The third-order valence-electron chi connectivity index (χ3n) is 3.14. The van der Waals surface area contributed by atoms with Gasteiger partial charge < -0.3 is 9.73 Å². The first kappa shape index (κ1) is 13.1. The molecule has 0 radical (unpaired) electrons. The van der Waals surface area contributed by atoms with Gasteiger partial charge in [0.2, 0.25) is 18.2 Å². The van der Waals surface area contributed by atoms with Gasteiger partial charge in [0.05, 0.1) is 6.04 Å². The molecule has 1 aromatic carbocycles. The summed E-state index contributed by atoms with van der Waals surface area (Å²) >= 11 is 1.72. The number of anilines is 1. The number of hydrogen-bond donors (Lipinski definition) is 2. The van der Waals surface area contributed by atoms with E-state index < -0.39 is 0 Å². The van der Waals surface area contributed by atoms with Crippen LogP contribution in [-0.2, 0) is 4.79 Å². The van der Waals surface area contributed by atoms with Crippen molar-refractivity contribution in [3.63, 3.8) is 0 Å². The van der Waals surface area contributed by atoms with Crippen LogP contribution in [0.15, 0.2) is 29.0 Å². The summed E-state index contributed by atoms with van der Waals surface area (Å²) in [5.41, 5.74) is 2.55. The van der Waals surface area contributed by atoms with Crippen LogP contribution in [-0.4, -0.2) is 33.8 Å². The predicted molar refractivity (Wildman–Crippen MR) is 77.3 cm³/mol. The Bertz CT molecular complexity index is 609. The quantitative estimate of drug-likeness (QED) is 0.894. The minimum Gasteiger partial charge on any atom is -0.423 e. The summed E-state index contributed by atoms with van der Waals surface area (Å²) in [6, 6.07) is 5.53. The second-order valence-electron chi connectivity index (χ2n) is 4.53. The molecule has 1 fully saturated rings. The Balaban J connectivity index is 1.81. The van der Waals surface area contributed by atoms with Crippen molar-refractivity contribution >= 4 is 23.4 Å². The topological polar surface area (TPSA) is 80.1 Å². The lowest BCUT2D eigenvalue weighted by atomic mass is 10.1. The maximum atomic E-state index is 12.1. The Hall–Kier alpha value is -1.86. The van der Waals surface area contributed by atoms with Gasteiger partial charge in [0.25, 0.3) is 0 Å². The van der Waals surface area contributed by atoms with E-state index in [2.05, 4.69) is 20.8 Å². The number of carbonyl (C=O) groups excluding carboxylic acids is 1. The van der Waals surface area contributed by atoms with Crippen molar-refractivity contribution < 1.29 is 9.21 Å². The lowest BCUT2D eigenvalue weighted by Gasteiger charge is -2.13. The van der Waals surface area contributed by atoms with E-state index in [1.54, 1.807) is 11.8 Å². The van der Waals surface area contributed by atoms with E-state index in [-0.39, 0.29) is 11.9 Å². The monoisotopic (exact) mass is 290 g/mol. The van der Waals surface area contributed by atoms with Crippen molar-refractivity contribution in [3.05, 3.63) is 30.2 Å². The fourth-order valence-electron chi connectivity index (χ4n) is 1.97. The van der Waals surface area contributed by atoms with E-state index in [9.17, 15) is 4.79 Å². The Morgan fingerprint density at radius 2 is 2.45 bits per heavy atom. The summed E-state index contributed by atoms with van der Waals surface area (Å²) < 4.78 is 5.17. The number of hydrogen-bond acceptors (Lipinski definition) is 6. The van der Waals surface area contributed by atoms with E-state index >= 15 is 0 Å². The van der Waals surface area contributed by atoms with Crippen LogP contribution in [0.1, 0.15) is 5.56 Å². The van der Waals surface area contributed by atoms with Crippen LogP contribution in [0.2, 0.25) is 0 Å². The number of benzene rings is 1. The van der Waals surface area contributed by atoms with Crippen LogP contribution in [0.25, 0.3) is 11.5 Å². The van der Waals surface area contributed by atoms with Crippen LogP contribution < -0.4 is 10.6 Å². The highest BCUT2D eigenvalue weighted by Crippen LogP contribution is 2.24. The molecule has 0 saturated carbocycles. The maximum absolute atomic E-state index is 12.1. The summed E-state index contributed by atoms with van der Waals surface area (Å²) in [6.07, 6.45) is 1.28. The van der Waals surface area contributed by atoms with Gasteiger partial charge in [0.15, 0.2) is 0 Å². The molecule has 6 nitrogen and oxygen atoms in total. The maximum Gasteiger partial charge on any atom is 0.247 e. The molecule has 1 atom stereocenters. The number of carbonyl (C=O) groups is 1. The summed E-state index contributed by atoms with van der Waals surface area (Å²) in [5.74, 6) is 2.05. The molecule has 104 valence electrons. The second kappa shape index (κ2) is 5.64. The number of amides is 1. The van der Waals surface area contributed by atoms with Crippen LogP contribution in [0.5, 0.6) is 0 Å². The third kappa shape index (κ3) is 2.68. The molecule has 1 unspecified atom stereocenters. The molecule has 1 saturated heterocycles. The number of rotatable bonds is 3. The van der Waals surface area contributed by atoms with Crippen molar-refractivity contribution in [2.75, 3.05) is 16.9 Å². The molecule has 1 aliphatic heterocycles. The van der Waals surface area contributed by atoms with Crippen molar-refractivity contribution in [1.82, 2.24) is 15.5 Å². The third-order valence-corrected chi connectivity index (χ3v) is 4.08. The first-order valence-corrected chi connectivity index (χ1v) is 7.38. The number of thioether (sulfide) groups is 1. The Morgan fingerprint density at radius 1 is 1.55 bits per heavy atom. The summed E-state index contributed by atoms with van der Waals surface area (Å²) in [4.78, 5) is 12.1. The summed E-state index contributed by atoms with van der Waals surface area (Å²) in [7, 11) is 0. The van der Waals surface area contributed by atoms with Gasteiger partial charge in [0, 0.05) is 22.9 Å². The van der Waals surface area contributed by atoms with Gasteiger partial charge in [-0.1, -0.05) is 6.07 Å². The van der Waals surface area contributed by atoms with Gasteiger partial charge in [-0.2, -0.15) is 0 Å². The van der Waals surface area contributed by atoms with Crippen LogP contribution >= 0.6 is 11.8 Å². The Kier molecular flexibility index (Phi) is 3.70. The zero-order valence-electron chi connectivity index (χ0n) is 10.9. The van der Waals surface area contributed by atoms with Gasteiger partial charge in [0.1, 0.15) is 0 Å². The number of nitrogens with one attached hydrogen (secondary N) is 2. The van der Waals surface area contributed by atoms with Crippen LogP contribution in [0.3, 0.4) is 0 Å². The van der Waals surface area contributed by atoms with Crippen LogP contribution in [0.4, 0.5) is 5.69 Å². The molecule has 1 aromatic heterocycles. The van der Waals surface area contributed by atoms with E-state index in [0.717, 1.165) is 28.4 Å². The molecule has 0 aliphatic carbocycles. The predicted octanol–water partition coefficient (Wildman–Crippen LogP) is 1.65. The molecule has 2 N–H and O–H groups in total. The molecular weight excluding hydrogens is 276 g/mol. The molecule has 2 aromatic rings. The fraction of sp³-hybridized carbons (Fsp3) is 0.308. The molecule has 1 amide bonds. The summed E-state index contributed by atoms with van der Waals surface area (Å²) in [6.45, 7) is 1.95. The zero-order valence-corrected chi connectivity index (χ0v) is 11.7. The number of nitrogens with zero attached hydrogens (tertiary/aromatic N) is 2. The minimum absolute atomic E-state index is 0.0132. The van der Waals surface area contributed by atoms with E-state index in [1.165, 1.54) is 6.39 Å². The van der Waals surface area contributed by atoms with Gasteiger partial charge in [-0.05, 0) is 24.6 Å². The molecule has 1 aliphatic rings. The average Bonchev–Trinajstić information content (AvgIpc) is 3.14. The molecule has 0 bridgehead atoms. The van der Waals surface area contributed by atoms with E-state index in [1.807, 2.05) is 25.1 Å². The lowest BCUT2D eigenvalue weighted by Crippen LogP contribution is -2.37. The van der Waals surface area contributed by atoms with Crippen molar-refractivity contribution in [3.8, 4) is 11.5 Å². The molecule has 7 heteroatoms. The summed E-state index contributed by atoms with van der Waals surface area (Å²) in [5, 5.41) is 13.6. The normalized spacial score (nSPS) is 18.1. The fourth-order valence-corrected chi connectivity index (χ4v) is 2.91. The molecule has 3 rings (SSSR count). The Morgan fingerprint density at radius 3 is 3.15 bits per heavy atom. The second-order valence-corrected chi connectivity index (χ2v) is 5.56. The van der Waals surface area contributed by atoms with Gasteiger partial charge in [-0.15, -0.1) is 22.0 Å². The first-order chi connectivity index (χ1) is 9.74. The van der Waals surface area contributed by atoms with E-state index in [0.29, 0.717) is 5.89 Å². The van der Waals surface area contributed by atoms with Gasteiger partial charge in [-0.25, -0.2) is 0 Å². The zero-order chi connectivity index (χ0) is 13.9. The van der Waals surface area contributed by atoms with Gasteiger partial charge in [-0.3, -0.25) is 10.1 Å². The van der Waals surface area contributed by atoms with Crippen molar-refractivity contribution in [2.24, 2.45) is 0 Å². The average molecular weight is 290 g/mol. The van der Waals surface area contributed by atoms with E-state index in [4.69, 9.17) is 4.42 Å². The minimum atomic E-state index is -0.133. The highest BCUT2D eigenvalue weighted by Gasteiger charge is 2.23. The number of aryl methyl sites for hydroxylation is 1. The molecular formula is C13H14N4O2S. The van der Waals surface area contributed by atoms with Gasteiger partial charge >= 0.3 is 0 Å². The molecule has 2 heterocycles. The SMILES string of the molecule is Cc1ccc(-c2nnco2)cc1NC(=O)C1CSCN1. The van der Waals surface area contributed by atoms with Crippen LogP contribution in [0, 0.1) is 6.92 Å². The lowest BCUT2D eigenvalue weighted by molar-refractivity contribution is -0.117. The highest BCUT2D eigenvalue weighted by molar-refractivity contribution is 7.99. The molecule has 0 spiro atoms. The smallest absolute Gasteiger partial charge is 0.247 e. The molecule has 20 heavy (non-hydrogen) atoms. The standard InChI is InChI=1S/C13H14N4O2S/c1-8-2-3-9(13-17-15-6-19-13)4-10(8)16-12(18)11-5-20-7-14-11/h2-4,6,11,14H,5,7H2,1H3,(H,16,18). The highest BCUT2D eigenvalue weighted by atomic mass is 32.2. The van der Waals surface area contributed by atoms with Crippen molar-refractivity contribution in [2.45, 2.75) is 13.0 Å². The largest absolute Gasteiger partial charge is 0.423 e.